The van der Waals surface area contributed by atoms with Gasteiger partial charge in [-0.15, -0.1) is 0 Å². The Kier molecular flexibility index (Phi) is 9.08. The number of nitrogens with zero attached hydrogens (tertiary/aromatic N) is 2. The lowest BCUT2D eigenvalue weighted by Gasteiger charge is -2.19. The number of hydrogen-bond acceptors (Lipinski definition) is 3. The minimum Gasteiger partial charge on any atom is -0.356 e. The van der Waals surface area contributed by atoms with Crippen LogP contribution < -0.4 is 10.6 Å². The minimum atomic E-state index is 0.772. The van der Waals surface area contributed by atoms with Crippen molar-refractivity contribution in [1.82, 2.24) is 15.5 Å². The maximum absolute atomic E-state index is 4.28. The first kappa shape index (κ1) is 16.6. The zero-order valence-electron chi connectivity index (χ0n) is 12.7. The van der Waals surface area contributed by atoms with Gasteiger partial charge in [-0.25, -0.2) is 0 Å². The highest BCUT2D eigenvalue weighted by Gasteiger charge is 2.15. The maximum Gasteiger partial charge on any atom is 0.191 e. The van der Waals surface area contributed by atoms with Crippen LogP contribution in [0, 0.1) is 0 Å². The Hall–Kier alpha value is -0.420. The van der Waals surface area contributed by atoms with Gasteiger partial charge >= 0.3 is 0 Å². The van der Waals surface area contributed by atoms with Crippen molar-refractivity contribution >= 4 is 17.7 Å². The van der Waals surface area contributed by atoms with E-state index < -0.39 is 0 Å². The zero-order chi connectivity index (χ0) is 13.9. The van der Waals surface area contributed by atoms with Gasteiger partial charge < -0.3 is 15.5 Å². The van der Waals surface area contributed by atoms with Crippen molar-refractivity contribution in [3.8, 4) is 0 Å². The molecule has 0 spiro atoms. The Balaban J connectivity index is 2.07. The monoisotopic (exact) mass is 286 g/mol. The van der Waals surface area contributed by atoms with Crippen LogP contribution in [0.25, 0.3) is 0 Å². The van der Waals surface area contributed by atoms with Crippen molar-refractivity contribution in [3.63, 3.8) is 0 Å². The van der Waals surface area contributed by atoms with Crippen molar-refractivity contribution in [2.75, 3.05) is 45.5 Å². The quantitative estimate of drug-likeness (QED) is 0.405. The summed E-state index contributed by atoms with van der Waals surface area (Å²) < 4.78 is 0. The van der Waals surface area contributed by atoms with Crippen LogP contribution in [0.15, 0.2) is 4.99 Å². The molecule has 0 aromatic heterocycles. The Morgan fingerprint density at radius 2 is 2.11 bits per heavy atom. The van der Waals surface area contributed by atoms with Crippen molar-refractivity contribution in [2.45, 2.75) is 38.4 Å². The van der Waals surface area contributed by atoms with Crippen LogP contribution in [0.4, 0.5) is 0 Å². The molecule has 1 unspecified atom stereocenters. The molecule has 0 aromatic carbocycles. The lowest BCUT2D eigenvalue weighted by Crippen LogP contribution is -2.41. The first-order valence-electron chi connectivity index (χ1n) is 7.58. The summed E-state index contributed by atoms with van der Waals surface area (Å²) in [4.78, 5) is 6.73. The molecule has 112 valence electrons. The van der Waals surface area contributed by atoms with Gasteiger partial charge in [-0.05, 0) is 44.6 Å². The fourth-order valence-corrected chi connectivity index (χ4v) is 3.49. The third-order valence-electron chi connectivity index (χ3n) is 3.58. The summed E-state index contributed by atoms with van der Waals surface area (Å²) in [6.07, 6.45) is 3.88. The normalized spacial score (nSPS) is 20.0. The lowest BCUT2D eigenvalue weighted by atomic mass is 10.2. The smallest absolute Gasteiger partial charge is 0.191 e. The average molecular weight is 286 g/mol. The van der Waals surface area contributed by atoms with Gasteiger partial charge in [-0.3, -0.25) is 4.99 Å². The van der Waals surface area contributed by atoms with E-state index in [-0.39, 0.29) is 0 Å². The Morgan fingerprint density at radius 3 is 2.68 bits per heavy atom. The molecule has 2 N–H and O–H groups in total. The topological polar surface area (TPSA) is 39.7 Å². The molecule has 0 bridgehead atoms. The van der Waals surface area contributed by atoms with Gasteiger partial charge in [0.15, 0.2) is 5.96 Å². The molecule has 1 rings (SSSR count). The van der Waals surface area contributed by atoms with Crippen LogP contribution in [-0.4, -0.2) is 61.6 Å². The fourth-order valence-electron chi connectivity index (χ4n) is 2.29. The van der Waals surface area contributed by atoms with E-state index >= 15 is 0 Å². The van der Waals surface area contributed by atoms with Crippen LogP contribution in [0.5, 0.6) is 0 Å². The van der Waals surface area contributed by atoms with E-state index in [2.05, 4.69) is 46.1 Å². The number of nitrogens with one attached hydrogen (secondary N) is 2. The summed E-state index contributed by atoms with van der Waals surface area (Å²) in [6, 6.07) is 0. The molecule has 0 radical (unpaired) electrons. The lowest BCUT2D eigenvalue weighted by molar-refractivity contribution is 0.300. The molecule has 5 heteroatoms. The van der Waals surface area contributed by atoms with Crippen molar-refractivity contribution in [1.29, 1.82) is 0 Å². The molecule has 19 heavy (non-hydrogen) atoms. The third-order valence-corrected chi connectivity index (χ3v) is 4.98. The molecule has 1 saturated heterocycles. The van der Waals surface area contributed by atoms with Gasteiger partial charge in [-0.2, -0.15) is 11.8 Å². The van der Waals surface area contributed by atoms with Gasteiger partial charge in [-0.1, -0.05) is 13.8 Å². The second-order valence-electron chi connectivity index (χ2n) is 4.90. The van der Waals surface area contributed by atoms with E-state index in [4.69, 9.17) is 0 Å². The summed E-state index contributed by atoms with van der Waals surface area (Å²) in [7, 11) is 1.85. The number of guanidine groups is 1. The highest BCUT2D eigenvalue weighted by molar-refractivity contribution is 8.00. The van der Waals surface area contributed by atoms with Crippen molar-refractivity contribution in [3.05, 3.63) is 0 Å². The summed E-state index contributed by atoms with van der Waals surface area (Å²) in [5.74, 6) is 2.27. The van der Waals surface area contributed by atoms with E-state index in [1.54, 1.807) is 0 Å². The highest BCUT2D eigenvalue weighted by atomic mass is 32.2. The van der Waals surface area contributed by atoms with Gasteiger partial charge in [0, 0.05) is 25.4 Å². The summed E-state index contributed by atoms with van der Waals surface area (Å²) in [6.45, 7) is 9.92. The second kappa shape index (κ2) is 10.4. The molecule has 4 nitrogen and oxygen atoms in total. The van der Waals surface area contributed by atoms with Gasteiger partial charge in [0.1, 0.15) is 0 Å². The van der Waals surface area contributed by atoms with E-state index in [9.17, 15) is 0 Å². The van der Waals surface area contributed by atoms with E-state index in [1.165, 1.54) is 25.0 Å². The van der Waals surface area contributed by atoms with Gasteiger partial charge in [0.2, 0.25) is 0 Å². The van der Waals surface area contributed by atoms with Crippen molar-refractivity contribution < 1.29 is 0 Å². The van der Waals surface area contributed by atoms with Crippen LogP contribution in [0.3, 0.4) is 0 Å². The molecule has 0 aliphatic carbocycles. The first-order chi connectivity index (χ1) is 9.30. The Morgan fingerprint density at radius 1 is 1.32 bits per heavy atom. The molecule has 1 aliphatic heterocycles. The summed E-state index contributed by atoms with van der Waals surface area (Å²) >= 11 is 2.08. The Labute approximate surface area is 122 Å². The van der Waals surface area contributed by atoms with E-state index in [0.29, 0.717) is 0 Å². The molecule has 1 fully saturated rings. The maximum atomic E-state index is 4.28. The fraction of sp³-hybridized carbons (Fsp3) is 0.929. The largest absolute Gasteiger partial charge is 0.356 e. The van der Waals surface area contributed by atoms with Crippen LogP contribution >= 0.6 is 11.8 Å². The van der Waals surface area contributed by atoms with Crippen molar-refractivity contribution in [2.24, 2.45) is 4.99 Å². The number of hydrogen-bond donors (Lipinski definition) is 2. The number of aliphatic imine (C=N–C) groups is 1. The summed E-state index contributed by atoms with van der Waals surface area (Å²) in [5, 5.41) is 7.60. The SMILES string of the molecule is CCN(CC)CCCNC(=NC)NCC1CCCS1. The molecule has 1 atom stereocenters. The molecule has 0 amide bonds. The molecular formula is C14H30N4S. The van der Waals surface area contributed by atoms with Crippen LogP contribution in [0.1, 0.15) is 33.1 Å². The standard InChI is InChI=1S/C14H30N4S/c1-4-18(5-2)10-7-9-16-14(15-3)17-12-13-8-6-11-19-13/h13H,4-12H2,1-3H3,(H2,15,16,17). The van der Waals surface area contributed by atoms with Gasteiger partial charge in [0.25, 0.3) is 0 Å². The first-order valence-corrected chi connectivity index (χ1v) is 8.63. The zero-order valence-corrected chi connectivity index (χ0v) is 13.6. The predicted molar refractivity (Wildman–Crippen MR) is 87.2 cm³/mol. The predicted octanol–water partition coefficient (Wildman–Crippen LogP) is 1.78. The van der Waals surface area contributed by atoms with Crippen LogP contribution in [-0.2, 0) is 0 Å². The Bertz CT molecular complexity index is 248. The summed E-state index contributed by atoms with van der Waals surface area (Å²) in [5.41, 5.74) is 0. The average Bonchev–Trinajstić information content (AvgIpc) is 2.95. The molecule has 1 heterocycles. The third kappa shape index (κ3) is 7.06. The van der Waals surface area contributed by atoms with E-state index in [0.717, 1.165) is 43.9 Å². The highest BCUT2D eigenvalue weighted by Crippen LogP contribution is 2.25. The second-order valence-corrected chi connectivity index (χ2v) is 6.30. The molecule has 1 aliphatic rings. The van der Waals surface area contributed by atoms with E-state index in [1.807, 2.05) is 7.05 Å². The van der Waals surface area contributed by atoms with Gasteiger partial charge in [0.05, 0.1) is 0 Å². The van der Waals surface area contributed by atoms with Crippen LogP contribution in [0.2, 0.25) is 0 Å². The molecule has 0 saturated carbocycles. The molecule has 0 aromatic rings. The minimum absolute atomic E-state index is 0.772. The molecular weight excluding hydrogens is 256 g/mol. The number of rotatable bonds is 8. The number of thioether (sulfide) groups is 1.